The van der Waals surface area contributed by atoms with Crippen molar-refractivity contribution in [2.45, 2.75) is 32.4 Å². The van der Waals surface area contributed by atoms with Gasteiger partial charge in [-0.3, -0.25) is 10.1 Å². The third-order valence-corrected chi connectivity index (χ3v) is 6.60. The second-order valence-electron chi connectivity index (χ2n) is 9.12. The number of ether oxygens (including phenoxy) is 1. The number of benzene rings is 3. The first kappa shape index (κ1) is 28.9. The molecule has 11 heteroatoms. The van der Waals surface area contributed by atoms with E-state index in [1.807, 2.05) is 6.07 Å². The van der Waals surface area contributed by atoms with Crippen LogP contribution in [0.3, 0.4) is 0 Å². The molecule has 4 aromatic rings. The number of carboxylic acid groups (broad SMARTS) is 1. The van der Waals surface area contributed by atoms with Gasteiger partial charge in [0.25, 0.3) is 5.91 Å². The summed E-state index contributed by atoms with van der Waals surface area (Å²) < 4.78 is 10.9. The second kappa shape index (κ2) is 12.8. The number of aromatic nitrogens is 1. The summed E-state index contributed by atoms with van der Waals surface area (Å²) in [5, 5.41) is 28.2. The number of carboxylic acids is 1. The molecule has 0 aliphatic carbocycles. The number of rotatable bonds is 9. The molecule has 0 radical (unpaired) electrons. The number of aliphatic carboxylic acids is 1. The summed E-state index contributed by atoms with van der Waals surface area (Å²) in [5.41, 5.74) is 3.22. The van der Waals surface area contributed by atoms with Crippen molar-refractivity contribution in [3.05, 3.63) is 106 Å². The number of nitrogens with zero attached hydrogens (tertiary/aromatic N) is 2. The Balaban J connectivity index is 1.43. The predicted octanol–water partition coefficient (Wildman–Crippen LogP) is 5.91. The van der Waals surface area contributed by atoms with Gasteiger partial charge in [-0.15, -0.1) is 0 Å². The fourth-order valence-corrected chi connectivity index (χ4v) is 4.33. The van der Waals surface area contributed by atoms with Crippen LogP contribution in [0.15, 0.2) is 77.3 Å². The van der Waals surface area contributed by atoms with E-state index in [9.17, 15) is 19.5 Å². The van der Waals surface area contributed by atoms with E-state index >= 15 is 0 Å². The van der Waals surface area contributed by atoms with E-state index < -0.39 is 30.1 Å². The molecule has 0 aliphatic rings. The topological polar surface area (TPSA) is 155 Å². The third kappa shape index (κ3) is 7.09. The van der Waals surface area contributed by atoms with Crippen LogP contribution in [0.1, 0.15) is 45.8 Å². The van der Waals surface area contributed by atoms with E-state index in [1.165, 1.54) is 12.1 Å². The summed E-state index contributed by atoms with van der Waals surface area (Å²) in [7, 11) is 0. The van der Waals surface area contributed by atoms with Gasteiger partial charge in [0.05, 0.1) is 11.6 Å². The number of nitrogens with one attached hydrogen (secondary N) is 2. The highest BCUT2D eigenvalue weighted by molar-refractivity contribution is 6.31. The van der Waals surface area contributed by atoms with Gasteiger partial charge in [-0.25, -0.2) is 9.59 Å². The summed E-state index contributed by atoms with van der Waals surface area (Å²) in [6, 6.07) is 20.5. The van der Waals surface area contributed by atoms with Gasteiger partial charge in [0.15, 0.2) is 5.76 Å². The standard InChI is InChI=1S/C30H25ClN4O6/c1-17-26(34-30(39)40-18(2)23-5-3-4-6-24(23)31)27(41-35-17)21-11-13-22(14-12-21)28(36)33-25(29(37)38)15-19-7-9-20(16-32)10-8-19/h3-14,18,25H,15H2,1-2H3,(H,33,36)(H,34,39)(H,37,38). The first-order valence-corrected chi connectivity index (χ1v) is 12.9. The molecule has 0 aliphatic heterocycles. The molecule has 10 nitrogen and oxygen atoms in total. The summed E-state index contributed by atoms with van der Waals surface area (Å²) in [5.74, 6) is -1.52. The van der Waals surface area contributed by atoms with Crippen LogP contribution in [0.5, 0.6) is 0 Å². The largest absolute Gasteiger partial charge is 0.480 e. The highest BCUT2D eigenvalue weighted by Gasteiger charge is 2.23. The van der Waals surface area contributed by atoms with E-state index in [0.717, 1.165) is 0 Å². The van der Waals surface area contributed by atoms with Crippen LogP contribution in [0.4, 0.5) is 10.5 Å². The zero-order valence-corrected chi connectivity index (χ0v) is 22.8. The van der Waals surface area contributed by atoms with Crippen molar-refractivity contribution in [2.24, 2.45) is 0 Å². The van der Waals surface area contributed by atoms with Crippen LogP contribution < -0.4 is 10.6 Å². The Morgan fingerprint density at radius 2 is 1.76 bits per heavy atom. The van der Waals surface area contributed by atoms with Gasteiger partial charge in [-0.1, -0.05) is 59.2 Å². The summed E-state index contributed by atoms with van der Waals surface area (Å²) in [6.07, 6.45) is -1.30. The lowest BCUT2D eigenvalue weighted by molar-refractivity contribution is -0.139. The molecule has 2 atom stereocenters. The van der Waals surface area contributed by atoms with E-state index in [2.05, 4.69) is 15.8 Å². The number of anilines is 1. The highest BCUT2D eigenvalue weighted by atomic mass is 35.5. The quantitative estimate of drug-likeness (QED) is 0.223. The molecular formula is C30H25ClN4O6. The number of aryl methyl sites for hydroxylation is 1. The highest BCUT2D eigenvalue weighted by Crippen LogP contribution is 2.32. The Labute approximate surface area is 240 Å². The minimum absolute atomic E-state index is 0.0441. The maximum absolute atomic E-state index is 12.8. The molecule has 2 unspecified atom stereocenters. The van der Waals surface area contributed by atoms with Gasteiger partial charge >= 0.3 is 12.1 Å². The fourth-order valence-electron chi connectivity index (χ4n) is 4.04. The predicted molar refractivity (Wildman–Crippen MR) is 150 cm³/mol. The first-order valence-electron chi connectivity index (χ1n) is 12.5. The van der Waals surface area contributed by atoms with Crippen molar-refractivity contribution >= 4 is 35.3 Å². The van der Waals surface area contributed by atoms with Crippen molar-refractivity contribution in [1.29, 1.82) is 5.26 Å². The van der Waals surface area contributed by atoms with Gasteiger partial charge in [0, 0.05) is 28.1 Å². The number of hydrogen-bond acceptors (Lipinski definition) is 7. The monoisotopic (exact) mass is 572 g/mol. The van der Waals surface area contributed by atoms with Crippen LogP contribution >= 0.6 is 11.6 Å². The molecule has 41 heavy (non-hydrogen) atoms. The second-order valence-corrected chi connectivity index (χ2v) is 9.53. The van der Waals surface area contributed by atoms with Crippen molar-refractivity contribution in [3.8, 4) is 17.4 Å². The van der Waals surface area contributed by atoms with Crippen molar-refractivity contribution in [1.82, 2.24) is 10.5 Å². The summed E-state index contributed by atoms with van der Waals surface area (Å²) >= 11 is 6.20. The Hall–Kier alpha value is -5.14. The number of carbonyl (C=O) groups is 3. The molecule has 1 heterocycles. The van der Waals surface area contributed by atoms with E-state index in [4.69, 9.17) is 26.1 Å². The average molecular weight is 573 g/mol. The maximum Gasteiger partial charge on any atom is 0.412 e. The number of nitriles is 1. The number of amides is 2. The minimum Gasteiger partial charge on any atom is -0.480 e. The minimum atomic E-state index is -1.19. The van der Waals surface area contributed by atoms with Crippen LogP contribution in [-0.4, -0.2) is 34.3 Å². The van der Waals surface area contributed by atoms with E-state index in [0.29, 0.717) is 38.7 Å². The molecular weight excluding hydrogens is 548 g/mol. The maximum atomic E-state index is 12.8. The fraction of sp³-hybridized carbons (Fsp3) is 0.167. The Kier molecular flexibility index (Phi) is 9.02. The molecule has 0 fully saturated rings. The summed E-state index contributed by atoms with van der Waals surface area (Å²) in [4.78, 5) is 37.3. The Morgan fingerprint density at radius 1 is 1.07 bits per heavy atom. The van der Waals surface area contributed by atoms with Gasteiger partial charge in [0.1, 0.15) is 23.5 Å². The van der Waals surface area contributed by atoms with Crippen molar-refractivity contribution < 1.29 is 28.8 Å². The van der Waals surface area contributed by atoms with Gasteiger partial charge in [-0.2, -0.15) is 5.26 Å². The Bertz CT molecular complexity index is 1610. The van der Waals surface area contributed by atoms with Crippen LogP contribution in [0.2, 0.25) is 5.02 Å². The molecule has 0 bridgehead atoms. The molecule has 0 saturated heterocycles. The summed E-state index contributed by atoms with van der Waals surface area (Å²) in [6.45, 7) is 3.35. The molecule has 2 amide bonds. The van der Waals surface area contributed by atoms with E-state index in [-0.39, 0.29) is 17.7 Å². The molecule has 3 N–H and O–H groups in total. The van der Waals surface area contributed by atoms with Crippen LogP contribution in [-0.2, 0) is 16.0 Å². The zero-order valence-electron chi connectivity index (χ0n) is 22.1. The molecule has 4 rings (SSSR count). The van der Waals surface area contributed by atoms with Crippen molar-refractivity contribution in [3.63, 3.8) is 0 Å². The van der Waals surface area contributed by atoms with Gasteiger partial charge in [-0.05, 0) is 49.7 Å². The molecule has 0 saturated carbocycles. The lowest BCUT2D eigenvalue weighted by atomic mass is 10.0. The molecule has 0 spiro atoms. The molecule has 3 aromatic carbocycles. The smallest absolute Gasteiger partial charge is 0.412 e. The average Bonchev–Trinajstić information content (AvgIpc) is 3.32. The SMILES string of the molecule is Cc1noc(-c2ccc(C(=O)NC(Cc3ccc(C#N)cc3)C(=O)O)cc2)c1NC(=O)OC(C)c1ccccc1Cl. The number of halogens is 1. The first-order chi connectivity index (χ1) is 19.7. The number of carbonyl (C=O) groups excluding carboxylic acids is 2. The lowest BCUT2D eigenvalue weighted by Crippen LogP contribution is -2.42. The van der Waals surface area contributed by atoms with Gasteiger partial charge < -0.3 is 19.7 Å². The van der Waals surface area contributed by atoms with Crippen LogP contribution in [0, 0.1) is 18.3 Å². The lowest BCUT2D eigenvalue weighted by Gasteiger charge is -2.16. The van der Waals surface area contributed by atoms with Crippen molar-refractivity contribution in [2.75, 3.05) is 5.32 Å². The third-order valence-electron chi connectivity index (χ3n) is 6.25. The molecule has 208 valence electrons. The zero-order chi connectivity index (χ0) is 29.5. The van der Waals surface area contributed by atoms with E-state index in [1.54, 1.807) is 74.5 Å². The molecule has 1 aromatic heterocycles. The Morgan fingerprint density at radius 3 is 2.39 bits per heavy atom. The number of hydrogen-bond donors (Lipinski definition) is 3. The normalized spacial score (nSPS) is 12.0. The van der Waals surface area contributed by atoms with Gasteiger partial charge in [0.2, 0.25) is 0 Å². The van der Waals surface area contributed by atoms with Crippen LogP contribution in [0.25, 0.3) is 11.3 Å².